The highest BCUT2D eigenvalue weighted by Gasteiger charge is 2.19. The number of benzene rings is 1. The molecule has 0 fully saturated rings. The summed E-state index contributed by atoms with van der Waals surface area (Å²) in [5.74, 6) is -0.00440. The van der Waals surface area contributed by atoms with Crippen molar-refractivity contribution in [1.82, 2.24) is 19.4 Å². The summed E-state index contributed by atoms with van der Waals surface area (Å²) in [5.41, 5.74) is 4.10. The summed E-state index contributed by atoms with van der Waals surface area (Å²) in [6.07, 6.45) is 6.36. The lowest BCUT2D eigenvalue weighted by Gasteiger charge is -2.19. The SMILES string of the molecule is Cc1cc(C(=O)NCCCn2ccnc2)c(C)n1C(C)c1ccccc1. The number of rotatable bonds is 7. The van der Waals surface area contributed by atoms with Gasteiger partial charge in [0.05, 0.1) is 17.9 Å². The quantitative estimate of drug-likeness (QED) is 0.660. The average molecular weight is 350 g/mol. The number of amides is 1. The minimum Gasteiger partial charge on any atom is -0.352 e. The van der Waals surface area contributed by atoms with Gasteiger partial charge in [-0.1, -0.05) is 30.3 Å². The van der Waals surface area contributed by atoms with E-state index in [1.54, 1.807) is 12.5 Å². The van der Waals surface area contributed by atoms with Crippen LogP contribution in [0.1, 0.15) is 46.7 Å². The van der Waals surface area contributed by atoms with Crippen LogP contribution in [0.15, 0.2) is 55.1 Å². The molecule has 2 aromatic heterocycles. The summed E-state index contributed by atoms with van der Waals surface area (Å²) in [6, 6.07) is 12.5. The first-order valence-corrected chi connectivity index (χ1v) is 9.05. The molecule has 1 amide bonds. The lowest BCUT2D eigenvalue weighted by molar-refractivity contribution is 0.0952. The molecule has 0 aliphatic carbocycles. The van der Waals surface area contributed by atoms with E-state index in [2.05, 4.69) is 40.8 Å². The van der Waals surface area contributed by atoms with Gasteiger partial charge in [-0.25, -0.2) is 4.98 Å². The number of hydrogen-bond donors (Lipinski definition) is 1. The molecule has 0 aliphatic rings. The Morgan fingerprint density at radius 3 is 2.69 bits per heavy atom. The monoisotopic (exact) mass is 350 g/mol. The highest BCUT2D eigenvalue weighted by Crippen LogP contribution is 2.25. The van der Waals surface area contributed by atoms with E-state index < -0.39 is 0 Å². The molecule has 5 heteroatoms. The number of carbonyl (C=O) groups excluding carboxylic acids is 1. The fourth-order valence-electron chi connectivity index (χ4n) is 3.46. The van der Waals surface area contributed by atoms with E-state index in [0.717, 1.165) is 29.9 Å². The molecule has 0 saturated heterocycles. The van der Waals surface area contributed by atoms with Crippen molar-refractivity contribution < 1.29 is 4.79 Å². The lowest BCUT2D eigenvalue weighted by Crippen LogP contribution is -2.25. The molecule has 3 rings (SSSR count). The summed E-state index contributed by atoms with van der Waals surface area (Å²) in [5, 5.41) is 3.04. The van der Waals surface area contributed by atoms with Crippen LogP contribution in [0, 0.1) is 13.8 Å². The normalized spacial score (nSPS) is 12.1. The third kappa shape index (κ3) is 3.87. The van der Waals surface area contributed by atoms with E-state index in [1.807, 2.05) is 42.0 Å². The van der Waals surface area contributed by atoms with Crippen LogP contribution >= 0.6 is 0 Å². The highest BCUT2D eigenvalue weighted by atomic mass is 16.1. The lowest BCUT2D eigenvalue weighted by atomic mass is 10.1. The second kappa shape index (κ2) is 8.04. The second-order valence-corrected chi connectivity index (χ2v) is 6.65. The van der Waals surface area contributed by atoms with Crippen molar-refractivity contribution in [3.05, 3.63) is 77.6 Å². The predicted molar refractivity (Wildman–Crippen MR) is 103 cm³/mol. The fraction of sp³-hybridized carbons (Fsp3) is 0.333. The molecule has 3 aromatic rings. The number of nitrogens with one attached hydrogen (secondary N) is 1. The third-order valence-corrected chi connectivity index (χ3v) is 4.84. The Kier molecular flexibility index (Phi) is 5.56. The van der Waals surface area contributed by atoms with Crippen LogP contribution in [-0.2, 0) is 6.54 Å². The Morgan fingerprint density at radius 1 is 1.23 bits per heavy atom. The first-order chi connectivity index (χ1) is 12.6. The molecule has 1 aromatic carbocycles. The van der Waals surface area contributed by atoms with E-state index >= 15 is 0 Å². The van der Waals surface area contributed by atoms with Crippen LogP contribution in [0.4, 0.5) is 0 Å². The number of nitrogens with zero attached hydrogens (tertiary/aromatic N) is 3. The van der Waals surface area contributed by atoms with Gasteiger partial charge in [0.2, 0.25) is 0 Å². The minimum absolute atomic E-state index is 0.00440. The van der Waals surface area contributed by atoms with E-state index in [4.69, 9.17) is 0 Å². The molecule has 2 heterocycles. The topological polar surface area (TPSA) is 51.9 Å². The van der Waals surface area contributed by atoms with Gasteiger partial charge in [-0.15, -0.1) is 0 Å². The summed E-state index contributed by atoms with van der Waals surface area (Å²) in [6.45, 7) is 7.75. The van der Waals surface area contributed by atoms with E-state index in [9.17, 15) is 4.79 Å². The molecule has 0 radical (unpaired) electrons. The molecule has 0 bridgehead atoms. The predicted octanol–water partition coefficient (Wildman–Crippen LogP) is 3.73. The average Bonchev–Trinajstić information content (AvgIpc) is 3.26. The number of carbonyl (C=O) groups is 1. The van der Waals surface area contributed by atoms with Gasteiger partial charge < -0.3 is 14.5 Å². The van der Waals surface area contributed by atoms with Crippen LogP contribution in [0.5, 0.6) is 0 Å². The van der Waals surface area contributed by atoms with Crippen molar-refractivity contribution in [2.75, 3.05) is 6.54 Å². The number of aromatic nitrogens is 3. The Bertz CT molecular complexity index is 850. The molecule has 136 valence electrons. The minimum atomic E-state index is -0.00440. The second-order valence-electron chi connectivity index (χ2n) is 6.65. The Hall–Kier alpha value is -2.82. The van der Waals surface area contributed by atoms with Crippen LogP contribution in [0.25, 0.3) is 0 Å². The van der Waals surface area contributed by atoms with E-state index in [0.29, 0.717) is 6.54 Å². The number of imidazole rings is 1. The van der Waals surface area contributed by atoms with Crippen molar-refractivity contribution in [1.29, 1.82) is 0 Å². The van der Waals surface area contributed by atoms with Crippen molar-refractivity contribution >= 4 is 5.91 Å². The van der Waals surface area contributed by atoms with Crippen LogP contribution < -0.4 is 5.32 Å². The van der Waals surface area contributed by atoms with Crippen LogP contribution in [0.3, 0.4) is 0 Å². The number of hydrogen-bond acceptors (Lipinski definition) is 2. The van der Waals surface area contributed by atoms with Gasteiger partial charge in [-0.05, 0) is 38.8 Å². The van der Waals surface area contributed by atoms with E-state index in [-0.39, 0.29) is 11.9 Å². The standard InChI is InChI=1S/C21H26N4O/c1-16-14-20(21(26)23-10-7-12-24-13-11-22-15-24)18(3)25(16)17(2)19-8-5-4-6-9-19/h4-6,8-9,11,13-15,17H,7,10,12H2,1-3H3,(H,23,26). The molecule has 1 N–H and O–H groups in total. The first-order valence-electron chi connectivity index (χ1n) is 9.05. The maximum atomic E-state index is 12.6. The fourth-order valence-corrected chi connectivity index (χ4v) is 3.46. The van der Waals surface area contributed by atoms with Gasteiger partial charge in [0.1, 0.15) is 0 Å². The van der Waals surface area contributed by atoms with Crippen LogP contribution in [-0.4, -0.2) is 26.6 Å². The largest absolute Gasteiger partial charge is 0.352 e. The Morgan fingerprint density at radius 2 is 2.00 bits per heavy atom. The highest BCUT2D eigenvalue weighted by molar-refractivity contribution is 5.95. The molecule has 1 atom stereocenters. The molecule has 0 saturated carbocycles. The van der Waals surface area contributed by atoms with Gasteiger partial charge in [0.25, 0.3) is 5.91 Å². The zero-order valence-corrected chi connectivity index (χ0v) is 15.6. The first kappa shape index (κ1) is 18.0. The maximum absolute atomic E-state index is 12.6. The van der Waals surface area contributed by atoms with Crippen LogP contribution in [0.2, 0.25) is 0 Å². The third-order valence-electron chi connectivity index (χ3n) is 4.84. The number of aryl methyl sites for hydroxylation is 2. The van der Waals surface area contributed by atoms with Gasteiger partial charge in [-0.3, -0.25) is 4.79 Å². The van der Waals surface area contributed by atoms with Crippen molar-refractivity contribution in [3.8, 4) is 0 Å². The Labute approximate surface area is 154 Å². The molecule has 5 nitrogen and oxygen atoms in total. The zero-order valence-electron chi connectivity index (χ0n) is 15.6. The van der Waals surface area contributed by atoms with Gasteiger partial charge in [0, 0.05) is 36.9 Å². The zero-order chi connectivity index (χ0) is 18.5. The smallest absolute Gasteiger partial charge is 0.253 e. The Balaban J connectivity index is 1.66. The van der Waals surface area contributed by atoms with Crippen molar-refractivity contribution in [2.45, 2.75) is 39.8 Å². The van der Waals surface area contributed by atoms with Gasteiger partial charge >= 0.3 is 0 Å². The van der Waals surface area contributed by atoms with Crippen molar-refractivity contribution in [3.63, 3.8) is 0 Å². The van der Waals surface area contributed by atoms with Crippen molar-refractivity contribution in [2.24, 2.45) is 0 Å². The summed E-state index contributed by atoms with van der Waals surface area (Å²) in [4.78, 5) is 16.6. The molecule has 26 heavy (non-hydrogen) atoms. The van der Waals surface area contributed by atoms with E-state index in [1.165, 1.54) is 5.56 Å². The summed E-state index contributed by atoms with van der Waals surface area (Å²) >= 11 is 0. The molecular formula is C21H26N4O. The molecular weight excluding hydrogens is 324 g/mol. The molecule has 1 unspecified atom stereocenters. The molecule has 0 spiro atoms. The maximum Gasteiger partial charge on any atom is 0.253 e. The van der Waals surface area contributed by atoms with Gasteiger partial charge in [0.15, 0.2) is 0 Å². The molecule has 0 aliphatic heterocycles. The van der Waals surface area contributed by atoms with Gasteiger partial charge in [-0.2, -0.15) is 0 Å². The summed E-state index contributed by atoms with van der Waals surface area (Å²) < 4.78 is 4.25. The summed E-state index contributed by atoms with van der Waals surface area (Å²) in [7, 11) is 0.